The summed E-state index contributed by atoms with van der Waals surface area (Å²) in [5.41, 5.74) is 6.65. The molecule has 0 amide bonds. The van der Waals surface area contributed by atoms with Gasteiger partial charge in [-0.2, -0.15) is 16.9 Å². The minimum absolute atomic E-state index is 1.67. The predicted octanol–water partition coefficient (Wildman–Crippen LogP) is -1.59. The third kappa shape index (κ3) is 3.84. The van der Waals surface area contributed by atoms with E-state index in [1.165, 1.54) is 0 Å². The van der Waals surface area contributed by atoms with Gasteiger partial charge in [0.1, 0.15) is 0 Å². The molecule has 4 N–H and O–H groups in total. The molecule has 4 nitrogen and oxygen atoms in total. The van der Waals surface area contributed by atoms with Gasteiger partial charge in [0.25, 0.3) is 0 Å². The molecule has 0 bridgehead atoms. The van der Waals surface area contributed by atoms with Crippen LogP contribution in [0.1, 0.15) is 0 Å². The molecule has 0 spiro atoms. The SMILES string of the molecule is CNNN[NH]. The molecule has 4 heteroatoms. The molecule has 0 aromatic carbocycles. The topological polar surface area (TPSA) is 59.9 Å². The van der Waals surface area contributed by atoms with Crippen molar-refractivity contribution in [3.05, 3.63) is 0 Å². The summed E-state index contributed by atoms with van der Waals surface area (Å²) in [5.74, 6) is 6.18. The molecule has 0 aliphatic carbocycles. The number of hydrogen-bond acceptors (Lipinski definition) is 3. The van der Waals surface area contributed by atoms with Crippen LogP contribution < -0.4 is 22.3 Å². The van der Waals surface area contributed by atoms with E-state index in [9.17, 15) is 0 Å². The third-order valence-corrected chi connectivity index (χ3v) is 0.188. The van der Waals surface area contributed by atoms with Crippen LogP contribution in [0.15, 0.2) is 0 Å². The normalized spacial score (nSPS) is 8.40. The molecule has 0 unspecified atom stereocenters. The highest BCUT2D eigenvalue weighted by molar-refractivity contribution is 3.98. The Labute approximate surface area is 30.6 Å². The molecule has 31 valence electrons. The van der Waals surface area contributed by atoms with Crippen molar-refractivity contribution in [2.24, 2.45) is 0 Å². The lowest BCUT2D eigenvalue weighted by molar-refractivity contribution is 0.472. The second-order valence-corrected chi connectivity index (χ2v) is 0.500. The van der Waals surface area contributed by atoms with Crippen LogP contribution in [0.5, 0.6) is 0 Å². The molecule has 0 fully saturated rings. The van der Waals surface area contributed by atoms with Crippen molar-refractivity contribution < 1.29 is 0 Å². The van der Waals surface area contributed by atoms with Gasteiger partial charge >= 0.3 is 0 Å². The van der Waals surface area contributed by atoms with Gasteiger partial charge < -0.3 is 0 Å². The van der Waals surface area contributed by atoms with E-state index in [0.717, 1.165) is 0 Å². The van der Waals surface area contributed by atoms with Crippen LogP contribution in [0.2, 0.25) is 0 Å². The molecule has 0 aromatic heterocycles. The van der Waals surface area contributed by atoms with E-state index in [0.29, 0.717) is 0 Å². The first kappa shape index (κ1) is 4.84. The summed E-state index contributed by atoms with van der Waals surface area (Å²) < 4.78 is 0. The zero-order valence-electron chi connectivity index (χ0n) is 3.00. The van der Waals surface area contributed by atoms with Crippen molar-refractivity contribution in [1.29, 1.82) is 0 Å². The Morgan fingerprint density at radius 2 is 2.20 bits per heavy atom. The van der Waals surface area contributed by atoms with Crippen LogP contribution in [0.4, 0.5) is 0 Å². The first-order valence-electron chi connectivity index (χ1n) is 1.25. The van der Waals surface area contributed by atoms with Gasteiger partial charge in [-0.25, -0.2) is 5.43 Å². The molecule has 0 heterocycles. The highest BCUT2D eigenvalue weighted by Gasteiger charge is 1.56. The summed E-state index contributed by atoms with van der Waals surface area (Å²) in [4.78, 5) is 0. The highest BCUT2D eigenvalue weighted by atomic mass is 15.7. The van der Waals surface area contributed by atoms with Gasteiger partial charge in [0.15, 0.2) is 0 Å². The summed E-state index contributed by atoms with van der Waals surface area (Å²) >= 11 is 0. The number of rotatable bonds is 2. The first-order chi connectivity index (χ1) is 2.41. The van der Waals surface area contributed by atoms with Crippen molar-refractivity contribution in [3.63, 3.8) is 0 Å². The Kier molecular flexibility index (Phi) is 3.72. The van der Waals surface area contributed by atoms with Crippen molar-refractivity contribution in [1.82, 2.24) is 22.3 Å². The Balaban J connectivity index is 2.19. The Morgan fingerprint density at radius 1 is 1.60 bits per heavy atom. The van der Waals surface area contributed by atoms with Gasteiger partial charge in [-0.1, -0.05) is 0 Å². The zero-order chi connectivity index (χ0) is 4.12. The van der Waals surface area contributed by atoms with E-state index in [-0.39, 0.29) is 0 Å². The van der Waals surface area contributed by atoms with Gasteiger partial charge in [-0.05, 0) is 7.05 Å². The standard InChI is InChI=1S/CH7N4/c1-3-5-4-2/h2-5H,1H3. The first-order valence-corrected chi connectivity index (χ1v) is 1.25. The molecule has 0 aliphatic heterocycles. The monoisotopic (exact) mass is 75.1 g/mol. The number of hydrazine groups is 2. The fraction of sp³-hybridized carbons (Fsp3) is 1.00. The van der Waals surface area contributed by atoms with Crippen LogP contribution in [0.3, 0.4) is 0 Å². The Bertz CT molecular complexity index is 11.1. The summed E-state index contributed by atoms with van der Waals surface area (Å²) in [5, 5.41) is 0. The van der Waals surface area contributed by atoms with Crippen LogP contribution in [-0.4, -0.2) is 7.05 Å². The molecule has 0 rings (SSSR count). The molecule has 0 atom stereocenters. The van der Waals surface area contributed by atoms with Gasteiger partial charge in [0, 0.05) is 0 Å². The molecule has 0 aromatic rings. The van der Waals surface area contributed by atoms with E-state index in [2.05, 4.69) is 11.0 Å². The number of hydrogen-bond donors (Lipinski definition) is 3. The molecule has 0 saturated heterocycles. The van der Waals surface area contributed by atoms with Gasteiger partial charge in [-0.15, -0.1) is 0 Å². The second-order valence-electron chi connectivity index (χ2n) is 0.500. The summed E-state index contributed by atoms with van der Waals surface area (Å²) in [6.07, 6.45) is 0. The minimum Gasteiger partial charge on any atom is -0.246 e. The molecule has 0 aliphatic rings. The molecular weight excluding hydrogens is 68.0 g/mol. The average Bonchev–Trinajstić information content (AvgIpc) is 1.41. The summed E-state index contributed by atoms with van der Waals surface area (Å²) in [6, 6.07) is 0. The second kappa shape index (κ2) is 3.84. The predicted molar refractivity (Wildman–Crippen MR) is 18.4 cm³/mol. The van der Waals surface area contributed by atoms with Gasteiger partial charge in [-0.3, -0.25) is 0 Å². The van der Waals surface area contributed by atoms with Crippen LogP contribution >= 0.6 is 0 Å². The highest BCUT2D eigenvalue weighted by Crippen LogP contribution is 1.10. The maximum Gasteiger partial charge on any atom is -0.000111 e. The van der Waals surface area contributed by atoms with E-state index >= 15 is 0 Å². The Morgan fingerprint density at radius 3 is 2.20 bits per heavy atom. The van der Waals surface area contributed by atoms with Gasteiger partial charge in [0.2, 0.25) is 0 Å². The molecular formula is CH7N4. The fourth-order valence-electron chi connectivity index (χ4n) is 0.0625. The molecule has 5 heavy (non-hydrogen) atoms. The Hall–Kier alpha value is -0.160. The average molecular weight is 75.1 g/mol. The quantitative estimate of drug-likeness (QED) is 0.347. The summed E-state index contributed by atoms with van der Waals surface area (Å²) in [7, 11) is 1.67. The summed E-state index contributed by atoms with van der Waals surface area (Å²) in [6.45, 7) is 0. The lowest BCUT2D eigenvalue weighted by Crippen LogP contribution is -2.39. The zero-order valence-corrected chi connectivity index (χ0v) is 3.00. The lowest BCUT2D eigenvalue weighted by Gasteiger charge is -1.91. The third-order valence-electron chi connectivity index (χ3n) is 0.188. The van der Waals surface area contributed by atoms with Gasteiger partial charge in [0.05, 0.1) is 0 Å². The van der Waals surface area contributed by atoms with Crippen molar-refractivity contribution in [2.45, 2.75) is 0 Å². The smallest absolute Gasteiger partial charge is 0.000111 e. The lowest BCUT2D eigenvalue weighted by atomic mass is 11.5. The van der Waals surface area contributed by atoms with E-state index in [1.807, 2.05) is 5.53 Å². The van der Waals surface area contributed by atoms with Crippen LogP contribution in [0, 0.1) is 0 Å². The van der Waals surface area contributed by atoms with E-state index < -0.39 is 0 Å². The van der Waals surface area contributed by atoms with E-state index in [4.69, 9.17) is 5.84 Å². The van der Waals surface area contributed by atoms with E-state index in [1.54, 1.807) is 7.05 Å². The molecule has 1 radical (unpaired) electrons. The fourth-order valence-corrected chi connectivity index (χ4v) is 0.0625. The van der Waals surface area contributed by atoms with Crippen LogP contribution in [-0.2, 0) is 0 Å². The minimum atomic E-state index is 1.67. The van der Waals surface area contributed by atoms with Crippen molar-refractivity contribution in [3.8, 4) is 0 Å². The van der Waals surface area contributed by atoms with Crippen LogP contribution in [0.25, 0.3) is 0 Å². The number of nitrogens with one attached hydrogen (secondary N) is 4. The van der Waals surface area contributed by atoms with Crippen molar-refractivity contribution >= 4 is 0 Å². The van der Waals surface area contributed by atoms with Crippen molar-refractivity contribution in [2.75, 3.05) is 7.05 Å². The largest absolute Gasteiger partial charge is 0.246 e. The molecule has 0 saturated carbocycles. The maximum absolute atomic E-state index is 6.18. The maximum atomic E-state index is 6.18.